The molecule has 70 valence electrons. The second kappa shape index (κ2) is 3.44. The lowest BCUT2D eigenvalue weighted by Crippen LogP contribution is -2.45. The quantitative estimate of drug-likeness (QED) is 0.651. The highest BCUT2D eigenvalue weighted by atomic mass is 35.5. The van der Waals surface area contributed by atoms with Gasteiger partial charge in [0, 0.05) is 19.3 Å². The molecular formula is C7H14ClN3S. The monoisotopic (exact) mass is 207 g/mol. The third-order valence-corrected chi connectivity index (χ3v) is 3.74. The lowest BCUT2D eigenvalue weighted by atomic mass is 10.1. The van der Waals surface area contributed by atoms with Crippen molar-refractivity contribution in [2.45, 2.75) is 17.8 Å². The second-order valence-electron chi connectivity index (χ2n) is 3.17. The van der Waals surface area contributed by atoms with E-state index in [1.54, 1.807) is 11.8 Å². The number of hydrogen-bond donors (Lipinski definition) is 1. The fraction of sp³-hybridized carbons (Fsp3) is 0.857. The molecule has 1 aliphatic rings. The zero-order chi connectivity index (χ0) is 9.35. The second-order valence-corrected chi connectivity index (χ2v) is 4.75. The summed E-state index contributed by atoms with van der Waals surface area (Å²) in [5, 5.41) is 1.22. The Labute approximate surface area is 82.3 Å². The van der Waals surface area contributed by atoms with Gasteiger partial charge in [0.1, 0.15) is 5.66 Å². The van der Waals surface area contributed by atoms with Gasteiger partial charge in [0.15, 0.2) is 5.17 Å². The first-order valence-electron chi connectivity index (χ1n) is 3.78. The molecule has 0 saturated heterocycles. The lowest BCUT2D eigenvalue weighted by Gasteiger charge is -2.21. The summed E-state index contributed by atoms with van der Waals surface area (Å²) in [5.74, 6) is 0.374. The number of aliphatic imine (C=N–C) groups is 1. The molecule has 2 N–H and O–H groups in total. The summed E-state index contributed by atoms with van der Waals surface area (Å²) in [6.07, 6.45) is 0. The number of halogens is 1. The van der Waals surface area contributed by atoms with E-state index >= 15 is 0 Å². The van der Waals surface area contributed by atoms with Gasteiger partial charge >= 0.3 is 0 Å². The van der Waals surface area contributed by atoms with Crippen molar-refractivity contribution in [2.75, 3.05) is 20.0 Å². The SMILES string of the molecule is CC1SC(N(C)C)=NC1(N)CCl. The molecule has 5 heteroatoms. The average Bonchev–Trinajstić information content (AvgIpc) is 2.30. The van der Waals surface area contributed by atoms with Crippen molar-refractivity contribution in [1.82, 2.24) is 4.90 Å². The van der Waals surface area contributed by atoms with Crippen LogP contribution in [0.5, 0.6) is 0 Å². The molecule has 0 amide bonds. The third kappa shape index (κ3) is 1.70. The highest BCUT2D eigenvalue weighted by Crippen LogP contribution is 2.33. The number of amidine groups is 1. The maximum Gasteiger partial charge on any atom is 0.161 e. The summed E-state index contributed by atoms with van der Waals surface area (Å²) < 4.78 is 0. The smallest absolute Gasteiger partial charge is 0.161 e. The van der Waals surface area contributed by atoms with Crippen LogP contribution in [0.15, 0.2) is 4.99 Å². The summed E-state index contributed by atoms with van der Waals surface area (Å²) in [4.78, 5) is 6.33. The Morgan fingerprint density at radius 2 is 2.33 bits per heavy atom. The summed E-state index contributed by atoms with van der Waals surface area (Å²) in [7, 11) is 3.91. The molecule has 3 nitrogen and oxygen atoms in total. The van der Waals surface area contributed by atoms with E-state index in [1.165, 1.54) is 0 Å². The van der Waals surface area contributed by atoms with Crippen LogP contribution in [-0.4, -0.2) is 41.0 Å². The Morgan fingerprint density at radius 1 is 1.75 bits per heavy atom. The van der Waals surface area contributed by atoms with E-state index in [1.807, 2.05) is 25.9 Å². The Balaban J connectivity index is 2.80. The van der Waals surface area contributed by atoms with Crippen molar-refractivity contribution >= 4 is 28.5 Å². The number of nitrogens with two attached hydrogens (primary N) is 1. The van der Waals surface area contributed by atoms with Crippen LogP contribution in [0.1, 0.15) is 6.92 Å². The molecule has 0 aromatic heterocycles. The van der Waals surface area contributed by atoms with Crippen LogP contribution in [0.25, 0.3) is 0 Å². The first kappa shape index (κ1) is 10.2. The minimum absolute atomic E-state index is 0.257. The van der Waals surface area contributed by atoms with Crippen molar-refractivity contribution in [3.05, 3.63) is 0 Å². The maximum atomic E-state index is 5.96. The number of alkyl halides is 1. The molecule has 0 aliphatic carbocycles. The molecule has 1 aliphatic heterocycles. The summed E-state index contributed by atoms with van der Waals surface area (Å²) in [5.41, 5.74) is 5.39. The predicted octanol–water partition coefficient (Wildman–Crippen LogP) is 0.933. The molecule has 0 aromatic carbocycles. The van der Waals surface area contributed by atoms with Crippen molar-refractivity contribution < 1.29 is 0 Å². The van der Waals surface area contributed by atoms with Gasteiger partial charge in [-0.2, -0.15) is 0 Å². The molecule has 0 radical (unpaired) electrons. The van der Waals surface area contributed by atoms with Gasteiger partial charge in [-0.25, -0.2) is 4.99 Å². The van der Waals surface area contributed by atoms with Crippen molar-refractivity contribution in [3.8, 4) is 0 Å². The van der Waals surface area contributed by atoms with Crippen LogP contribution < -0.4 is 5.73 Å². The van der Waals surface area contributed by atoms with Crippen molar-refractivity contribution in [1.29, 1.82) is 0 Å². The van der Waals surface area contributed by atoms with Crippen molar-refractivity contribution in [2.24, 2.45) is 10.7 Å². The lowest BCUT2D eigenvalue weighted by molar-refractivity contribution is 0.498. The van der Waals surface area contributed by atoms with Gasteiger partial charge in [0.25, 0.3) is 0 Å². The van der Waals surface area contributed by atoms with Crippen LogP contribution in [0.2, 0.25) is 0 Å². The summed E-state index contributed by atoms with van der Waals surface area (Å²) >= 11 is 7.42. The van der Waals surface area contributed by atoms with E-state index in [9.17, 15) is 0 Å². The molecule has 0 aromatic rings. The standard InChI is InChI=1S/C7H14ClN3S/c1-5-7(9,4-8)10-6(12-5)11(2)3/h5H,4,9H2,1-3H3. The van der Waals surface area contributed by atoms with Gasteiger partial charge in [-0.1, -0.05) is 11.8 Å². The number of hydrogen-bond acceptors (Lipinski definition) is 4. The normalized spacial score (nSPS) is 35.1. The van der Waals surface area contributed by atoms with E-state index < -0.39 is 5.66 Å². The largest absolute Gasteiger partial charge is 0.358 e. The maximum absolute atomic E-state index is 5.96. The van der Waals surface area contributed by atoms with Crippen molar-refractivity contribution in [3.63, 3.8) is 0 Å². The van der Waals surface area contributed by atoms with Gasteiger partial charge < -0.3 is 10.6 Å². The summed E-state index contributed by atoms with van der Waals surface area (Å²) in [6, 6.07) is 0. The zero-order valence-electron chi connectivity index (χ0n) is 7.54. The fourth-order valence-electron chi connectivity index (χ4n) is 0.899. The molecule has 1 heterocycles. The average molecular weight is 208 g/mol. The highest BCUT2D eigenvalue weighted by molar-refractivity contribution is 8.14. The van der Waals surface area contributed by atoms with E-state index in [0.717, 1.165) is 5.17 Å². The minimum atomic E-state index is -0.578. The molecule has 0 spiro atoms. The van der Waals surface area contributed by atoms with Crippen LogP contribution in [-0.2, 0) is 0 Å². The van der Waals surface area contributed by atoms with Crippen LogP contribution in [0, 0.1) is 0 Å². The predicted molar refractivity (Wildman–Crippen MR) is 55.8 cm³/mol. The van der Waals surface area contributed by atoms with Crippen LogP contribution in [0.3, 0.4) is 0 Å². The molecule has 12 heavy (non-hydrogen) atoms. The Kier molecular flexibility index (Phi) is 2.91. The third-order valence-electron chi connectivity index (χ3n) is 1.89. The molecule has 2 atom stereocenters. The molecule has 1 rings (SSSR count). The highest BCUT2D eigenvalue weighted by Gasteiger charge is 2.38. The topological polar surface area (TPSA) is 41.6 Å². The van der Waals surface area contributed by atoms with Crippen LogP contribution >= 0.6 is 23.4 Å². The van der Waals surface area contributed by atoms with E-state index in [4.69, 9.17) is 17.3 Å². The Bertz CT molecular complexity index is 207. The molecule has 0 saturated carbocycles. The fourth-order valence-corrected chi connectivity index (χ4v) is 2.37. The molecule has 0 bridgehead atoms. The number of rotatable bonds is 1. The Hall–Kier alpha value is 0.0700. The number of thioether (sulfide) groups is 1. The van der Waals surface area contributed by atoms with Crippen LogP contribution in [0.4, 0.5) is 0 Å². The van der Waals surface area contributed by atoms with Gasteiger partial charge in [0.2, 0.25) is 0 Å². The van der Waals surface area contributed by atoms with Gasteiger partial charge in [-0.15, -0.1) is 11.6 Å². The van der Waals surface area contributed by atoms with Gasteiger partial charge in [-0.3, -0.25) is 0 Å². The summed E-state index contributed by atoms with van der Waals surface area (Å²) in [6.45, 7) is 2.05. The minimum Gasteiger partial charge on any atom is -0.358 e. The van der Waals surface area contributed by atoms with Gasteiger partial charge in [-0.05, 0) is 6.92 Å². The van der Waals surface area contributed by atoms with E-state index in [2.05, 4.69) is 4.99 Å². The van der Waals surface area contributed by atoms with E-state index in [-0.39, 0.29) is 5.25 Å². The molecular weight excluding hydrogens is 194 g/mol. The Morgan fingerprint density at radius 3 is 2.58 bits per heavy atom. The van der Waals surface area contributed by atoms with Gasteiger partial charge in [0.05, 0.1) is 5.88 Å². The molecule has 2 unspecified atom stereocenters. The van der Waals surface area contributed by atoms with E-state index in [0.29, 0.717) is 5.88 Å². The number of nitrogens with zero attached hydrogens (tertiary/aromatic N) is 2. The first-order valence-corrected chi connectivity index (χ1v) is 5.19. The first-order chi connectivity index (χ1) is 5.49. The zero-order valence-corrected chi connectivity index (χ0v) is 9.11. The molecule has 0 fully saturated rings.